The molecule has 1 aliphatic carbocycles. The predicted molar refractivity (Wildman–Crippen MR) is 97.4 cm³/mol. The molecular weight excluding hydrogens is 346 g/mol. The van der Waals surface area contributed by atoms with Gasteiger partial charge >= 0.3 is 0 Å². The van der Waals surface area contributed by atoms with E-state index in [4.69, 9.17) is 4.42 Å². The highest BCUT2D eigenvalue weighted by molar-refractivity contribution is 5.98. The summed E-state index contributed by atoms with van der Waals surface area (Å²) in [7, 11) is 0. The molecule has 4 rings (SSSR count). The van der Waals surface area contributed by atoms with Gasteiger partial charge in [0.1, 0.15) is 0 Å². The van der Waals surface area contributed by atoms with E-state index in [9.17, 15) is 14.4 Å². The Morgan fingerprint density at radius 3 is 2.00 bits per heavy atom. The molecule has 0 spiro atoms. The summed E-state index contributed by atoms with van der Waals surface area (Å²) in [5, 5.41) is 2.93. The number of piperazine rings is 1. The van der Waals surface area contributed by atoms with Crippen molar-refractivity contribution in [2.75, 3.05) is 26.2 Å². The Morgan fingerprint density at radius 2 is 1.44 bits per heavy atom. The molecule has 27 heavy (non-hydrogen) atoms. The van der Waals surface area contributed by atoms with Crippen LogP contribution in [-0.4, -0.2) is 59.7 Å². The van der Waals surface area contributed by atoms with Gasteiger partial charge in [0.15, 0.2) is 5.76 Å². The maximum absolute atomic E-state index is 12.7. The molecule has 2 fully saturated rings. The average molecular weight is 367 g/mol. The minimum atomic E-state index is -0.155. The van der Waals surface area contributed by atoms with Crippen molar-refractivity contribution in [2.24, 2.45) is 0 Å². The molecule has 0 unspecified atom stereocenters. The number of rotatable bonds is 4. The third-order valence-electron chi connectivity index (χ3n) is 4.89. The van der Waals surface area contributed by atoms with Crippen LogP contribution in [0.4, 0.5) is 0 Å². The minimum absolute atomic E-state index is 0.0887. The standard InChI is InChI=1S/C20H21N3O4/c24-18(21-16-7-8-16)14-3-5-15(6-4-14)19(25)22-9-11-23(12-10-22)20(26)17-2-1-13-27-17/h1-6,13,16H,7-12H2,(H,21,24). The van der Waals surface area contributed by atoms with Crippen molar-refractivity contribution in [3.8, 4) is 0 Å². The van der Waals surface area contributed by atoms with E-state index in [1.165, 1.54) is 6.26 Å². The number of hydrogen-bond donors (Lipinski definition) is 1. The molecule has 0 radical (unpaired) electrons. The van der Waals surface area contributed by atoms with Crippen LogP contribution in [0.3, 0.4) is 0 Å². The van der Waals surface area contributed by atoms with Crippen molar-refractivity contribution in [2.45, 2.75) is 18.9 Å². The Balaban J connectivity index is 1.33. The number of carbonyl (C=O) groups is 3. The lowest BCUT2D eigenvalue weighted by atomic mass is 10.1. The topological polar surface area (TPSA) is 82.9 Å². The van der Waals surface area contributed by atoms with Crippen LogP contribution >= 0.6 is 0 Å². The van der Waals surface area contributed by atoms with Crippen LogP contribution in [0.25, 0.3) is 0 Å². The third-order valence-corrected chi connectivity index (χ3v) is 4.89. The largest absolute Gasteiger partial charge is 0.459 e. The molecule has 2 heterocycles. The number of nitrogens with zero attached hydrogens (tertiary/aromatic N) is 2. The van der Waals surface area contributed by atoms with Gasteiger partial charge in [0.25, 0.3) is 17.7 Å². The molecular formula is C20H21N3O4. The van der Waals surface area contributed by atoms with Crippen LogP contribution in [-0.2, 0) is 0 Å². The Kier molecular flexibility index (Phi) is 4.66. The molecule has 2 aliphatic rings. The van der Waals surface area contributed by atoms with Gasteiger partial charge < -0.3 is 19.5 Å². The summed E-state index contributed by atoms with van der Waals surface area (Å²) >= 11 is 0. The van der Waals surface area contributed by atoms with Gasteiger partial charge in [-0.2, -0.15) is 0 Å². The van der Waals surface area contributed by atoms with Gasteiger partial charge in [-0.25, -0.2) is 0 Å². The molecule has 1 aromatic carbocycles. The molecule has 7 heteroatoms. The number of benzene rings is 1. The van der Waals surface area contributed by atoms with Gasteiger partial charge in [-0.15, -0.1) is 0 Å². The van der Waals surface area contributed by atoms with Crippen LogP contribution in [0.1, 0.15) is 44.1 Å². The first kappa shape index (κ1) is 17.3. The van der Waals surface area contributed by atoms with E-state index >= 15 is 0 Å². The van der Waals surface area contributed by atoms with E-state index in [0.29, 0.717) is 49.1 Å². The maximum Gasteiger partial charge on any atom is 0.289 e. The fourth-order valence-electron chi connectivity index (χ4n) is 3.11. The van der Waals surface area contributed by atoms with Crippen molar-refractivity contribution >= 4 is 17.7 Å². The molecule has 7 nitrogen and oxygen atoms in total. The molecule has 1 saturated carbocycles. The van der Waals surface area contributed by atoms with Gasteiger partial charge in [0.2, 0.25) is 0 Å². The average Bonchev–Trinajstić information content (AvgIpc) is 3.35. The third kappa shape index (κ3) is 3.86. The number of nitrogens with one attached hydrogen (secondary N) is 1. The summed E-state index contributed by atoms with van der Waals surface area (Å²) in [6, 6.07) is 10.4. The summed E-state index contributed by atoms with van der Waals surface area (Å²) in [6.07, 6.45) is 3.55. The van der Waals surface area contributed by atoms with Crippen LogP contribution in [0.5, 0.6) is 0 Å². The van der Waals surface area contributed by atoms with E-state index in [1.807, 2.05) is 0 Å². The van der Waals surface area contributed by atoms with Gasteiger partial charge in [-0.05, 0) is 49.2 Å². The van der Waals surface area contributed by atoms with Crippen LogP contribution in [0.2, 0.25) is 0 Å². The SMILES string of the molecule is O=C(NC1CC1)c1ccc(C(=O)N2CCN(C(=O)c3ccco3)CC2)cc1. The molecule has 0 bridgehead atoms. The van der Waals surface area contributed by atoms with E-state index in [0.717, 1.165) is 12.8 Å². The molecule has 2 aromatic rings. The quantitative estimate of drug-likeness (QED) is 0.893. The van der Waals surface area contributed by atoms with Crippen molar-refractivity contribution < 1.29 is 18.8 Å². The summed E-state index contributed by atoms with van der Waals surface area (Å²) in [4.78, 5) is 40.4. The Bertz CT molecular complexity index is 833. The van der Waals surface area contributed by atoms with Gasteiger partial charge in [-0.1, -0.05) is 0 Å². The normalized spacial score (nSPS) is 16.9. The van der Waals surface area contributed by atoms with E-state index in [-0.39, 0.29) is 17.7 Å². The zero-order valence-electron chi connectivity index (χ0n) is 14.9. The summed E-state index contributed by atoms with van der Waals surface area (Å²) < 4.78 is 5.15. The fourth-order valence-corrected chi connectivity index (χ4v) is 3.11. The lowest BCUT2D eigenvalue weighted by molar-refractivity contribution is 0.0518. The van der Waals surface area contributed by atoms with E-state index < -0.39 is 0 Å². The van der Waals surface area contributed by atoms with Gasteiger partial charge in [-0.3, -0.25) is 14.4 Å². The van der Waals surface area contributed by atoms with Crippen molar-refractivity contribution in [1.82, 2.24) is 15.1 Å². The minimum Gasteiger partial charge on any atom is -0.459 e. The zero-order valence-corrected chi connectivity index (χ0v) is 14.9. The number of hydrogen-bond acceptors (Lipinski definition) is 4. The first-order chi connectivity index (χ1) is 13.1. The number of carbonyl (C=O) groups excluding carboxylic acids is 3. The van der Waals surface area contributed by atoms with Crippen molar-refractivity contribution in [3.63, 3.8) is 0 Å². The number of amides is 3. The molecule has 1 aliphatic heterocycles. The predicted octanol–water partition coefficient (Wildman–Crippen LogP) is 1.77. The smallest absolute Gasteiger partial charge is 0.289 e. The Morgan fingerprint density at radius 1 is 0.852 bits per heavy atom. The maximum atomic E-state index is 12.7. The zero-order chi connectivity index (χ0) is 18.8. The number of furan rings is 1. The first-order valence-electron chi connectivity index (χ1n) is 9.15. The molecule has 140 valence electrons. The lowest BCUT2D eigenvalue weighted by Crippen LogP contribution is -2.50. The van der Waals surface area contributed by atoms with Crippen molar-refractivity contribution in [3.05, 3.63) is 59.5 Å². The summed E-state index contributed by atoms with van der Waals surface area (Å²) in [5.74, 6) is -0.0243. The van der Waals surface area contributed by atoms with E-state index in [1.54, 1.807) is 46.2 Å². The summed E-state index contributed by atoms with van der Waals surface area (Å²) in [6.45, 7) is 1.87. The van der Waals surface area contributed by atoms with Gasteiger partial charge in [0.05, 0.1) is 6.26 Å². The molecule has 1 aromatic heterocycles. The van der Waals surface area contributed by atoms with Crippen LogP contribution in [0, 0.1) is 0 Å². The second kappa shape index (κ2) is 7.26. The monoisotopic (exact) mass is 367 g/mol. The summed E-state index contributed by atoms with van der Waals surface area (Å²) in [5.41, 5.74) is 1.11. The first-order valence-corrected chi connectivity index (χ1v) is 9.15. The van der Waals surface area contributed by atoms with Gasteiger partial charge in [0, 0.05) is 43.3 Å². The Labute approximate surface area is 156 Å². The molecule has 1 saturated heterocycles. The van der Waals surface area contributed by atoms with Crippen LogP contribution in [0.15, 0.2) is 47.1 Å². The highest BCUT2D eigenvalue weighted by atomic mass is 16.3. The van der Waals surface area contributed by atoms with Crippen molar-refractivity contribution in [1.29, 1.82) is 0 Å². The molecule has 1 N–H and O–H groups in total. The second-order valence-electron chi connectivity index (χ2n) is 6.89. The molecule has 3 amide bonds. The lowest BCUT2D eigenvalue weighted by Gasteiger charge is -2.34. The molecule has 0 atom stereocenters. The van der Waals surface area contributed by atoms with Crippen LogP contribution < -0.4 is 5.32 Å². The second-order valence-corrected chi connectivity index (χ2v) is 6.89. The Hall–Kier alpha value is -3.09. The fraction of sp³-hybridized carbons (Fsp3) is 0.350. The van der Waals surface area contributed by atoms with E-state index in [2.05, 4.69) is 5.32 Å². The highest BCUT2D eigenvalue weighted by Crippen LogP contribution is 2.19. The highest BCUT2D eigenvalue weighted by Gasteiger charge is 2.27.